The van der Waals surface area contributed by atoms with E-state index in [-0.39, 0.29) is 17.9 Å². The molecule has 2 aromatic carbocycles. The number of hydrogen-bond acceptors (Lipinski definition) is 6. The molecule has 0 saturated carbocycles. The molecule has 0 radical (unpaired) electrons. The molecule has 0 fully saturated rings. The van der Waals surface area contributed by atoms with Crippen LogP contribution in [0.2, 0.25) is 0 Å². The van der Waals surface area contributed by atoms with E-state index in [1.165, 1.54) is 18.4 Å². The molecule has 3 rings (SSSR count). The van der Waals surface area contributed by atoms with Gasteiger partial charge in [-0.05, 0) is 54.3 Å². The van der Waals surface area contributed by atoms with Crippen molar-refractivity contribution in [1.29, 1.82) is 0 Å². The average Bonchev–Trinajstić information content (AvgIpc) is 3.33. The number of anilines is 1. The fourth-order valence-corrected chi connectivity index (χ4v) is 3.67. The van der Waals surface area contributed by atoms with Gasteiger partial charge in [0.05, 0.1) is 32.2 Å². The molecule has 0 bridgehead atoms. The van der Waals surface area contributed by atoms with E-state index in [9.17, 15) is 9.59 Å². The Morgan fingerprint density at radius 3 is 2.19 bits per heavy atom. The molecule has 0 aliphatic carbocycles. The van der Waals surface area contributed by atoms with Crippen molar-refractivity contribution in [1.82, 2.24) is 5.32 Å². The highest BCUT2D eigenvalue weighted by Crippen LogP contribution is 2.39. The van der Waals surface area contributed by atoms with Crippen LogP contribution in [0.1, 0.15) is 38.6 Å². The zero-order valence-electron chi connectivity index (χ0n) is 17.7. The summed E-state index contributed by atoms with van der Waals surface area (Å²) in [6.07, 6.45) is 0. The van der Waals surface area contributed by atoms with Crippen molar-refractivity contribution in [3.63, 3.8) is 0 Å². The van der Waals surface area contributed by atoms with E-state index >= 15 is 0 Å². The Bertz CT molecular complexity index is 1040. The Balaban J connectivity index is 1.75. The van der Waals surface area contributed by atoms with Crippen LogP contribution in [-0.2, 0) is 0 Å². The summed E-state index contributed by atoms with van der Waals surface area (Å²) in [6, 6.07) is 13.6. The fraction of sp³-hybridized carbons (Fsp3) is 0.217. The molecular weight excluding hydrogens is 416 g/mol. The zero-order chi connectivity index (χ0) is 22.4. The van der Waals surface area contributed by atoms with Crippen molar-refractivity contribution in [2.24, 2.45) is 0 Å². The third kappa shape index (κ3) is 5.16. The van der Waals surface area contributed by atoms with Gasteiger partial charge in [0.2, 0.25) is 5.75 Å². The van der Waals surface area contributed by atoms with Crippen molar-refractivity contribution in [3.8, 4) is 17.2 Å². The van der Waals surface area contributed by atoms with Gasteiger partial charge in [-0.15, -0.1) is 11.3 Å². The number of carbonyl (C=O) groups is 2. The normalized spacial score (nSPS) is 11.4. The third-order valence-corrected chi connectivity index (χ3v) is 5.53. The van der Waals surface area contributed by atoms with Gasteiger partial charge >= 0.3 is 0 Å². The minimum Gasteiger partial charge on any atom is -0.493 e. The lowest BCUT2D eigenvalue weighted by atomic mass is 10.1. The maximum absolute atomic E-state index is 12.8. The van der Waals surface area contributed by atoms with Crippen LogP contribution in [0.25, 0.3) is 0 Å². The van der Waals surface area contributed by atoms with E-state index in [0.29, 0.717) is 33.4 Å². The first kappa shape index (κ1) is 22.2. The van der Waals surface area contributed by atoms with Crippen LogP contribution in [0.15, 0.2) is 53.9 Å². The van der Waals surface area contributed by atoms with Crippen LogP contribution in [0.5, 0.6) is 17.2 Å². The summed E-state index contributed by atoms with van der Waals surface area (Å²) in [5, 5.41) is 7.61. The van der Waals surface area contributed by atoms with Crippen LogP contribution >= 0.6 is 11.3 Å². The lowest BCUT2D eigenvalue weighted by Crippen LogP contribution is -2.26. The number of nitrogens with one attached hydrogen (secondary N) is 2. The van der Waals surface area contributed by atoms with Crippen molar-refractivity contribution >= 4 is 28.8 Å². The molecule has 3 aromatic rings. The fourth-order valence-electron chi connectivity index (χ4n) is 3.05. The van der Waals surface area contributed by atoms with Gasteiger partial charge in [0.15, 0.2) is 11.5 Å². The van der Waals surface area contributed by atoms with Crippen LogP contribution < -0.4 is 24.8 Å². The lowest BCUT2D eigenvalue weighted by molar-refractivity contribution is 0.0938. The molecule has 0 saturated heterocycles. The minimum absolute atomic E-state index is 0.210. The topological polar surface area (TPSA) is 85.9 Å². The summed E-state index contributed by atoms with van der Waals surface area (Å²) in [5.74, 6) is 1.03. The molecule has 1 aromatic heterocycles. The Hall–Kier alpha value is -3.52. The summed E-state index contributed by atoms with van der Waals surface area (Å²) in [6.45, 7) is 1.86. The molecule has 0 aliphatic heterocycles. The molecule has 2 amide bonds. The highest BCUT2D eigenvalue weighted by Gasteiger charge is 2.18. The summed E-state index contributed by atoms with van der Waals surface area (Å²) in [7, 11) is 4.62. The van der Waals surface area contributed by atoms with Gasteiger partial charge in [-0.2, -0.15) is 0 Å². The summed E-state index contributed by atoms with van der Waals surface area (Å²) >= 11 is 1.35. The highest BCUT2D eigenvalue weighted by molar-refractivity contribution is 7.12. The first-order valence-corrected chi connectivity index (χ1v) is 10.4. The van der Waals surface area contributed by atoms with Gasteiger partial charge in [-0.1, -0.05) is 12.1 Å². The number of amides is 2. The molecular formula is C23H24N2O5S. The second-order valence-electron chi connectivity index (χ2n) is 6.67. The summed E-state index contributed by atoms with van der Waals surface area (Å²) in [5.41, 5.74) is 1.78. The maximum atomic E-state index is 12.8. The van der Waals surface area contributed by atoms with Crippen molar-refractivity contribution in [3.05, 3.63) is 69.9 Å². The number of benzene rings is 2. The monoisotopic (exact) mass is 440 g/mol. The van der Waals surface area contributed by atoms with E-state index in [2.05, 4.69) is 10.6 Å². The largest absolute Gasteiger partial charge is 0.493 e. The minimum atomic E-state index is -0.328. The Morgan fingerprint density at radius 1 is 0.903 bits per heavy atom. The number of rotatable bonds is 8. The van der Waals surface area contributed by atoms with E-state index in [1.807, 2.05) is 18.4 Å². The smallest absolute Gasteiger partial charge is 0.265 e. The SMILES string of the molecule is COc1cc(C(C)NC(=O)c2cccc(NC(=O)c3cccs3)c2)cc(OC)c1OC. The summed E-state index contributed by atoms with van der Waals surface area (Å²) in [4.78, 5) is 25.7. The Morgan fingerprint density at radius 2 is 1.61 bits per heavy atom. The van der Waals surface area contributed by atoms with E-state index in [1.54, 1.807) is 56.7 Å². The van der Waals surface area contributed by atoms with Crippen LogP contribution in [0.3, 0.4) is 0 Å². The molecule has 8 heteroatoms. The first-order valence-electron chi connectivity index (χ1n) is 9.52. The number of methoxy groups -OCH3 is 3. The average molecular weight is 441 g/mol. The molecule has 0 spiro atoms. The van der Waals surface area contributed by atoms with Gasteiger partial charge in [-0.3, -0.25) is 9.59 Å². The molecule has 2 N–H and O–H groups in total. The number of carbonyl (C=O) groups excluding carboxylic acids is 2. The second kappa shape index (κ2) is 9.99. The molecule has 31 heavy (non-hydrogen) atoms. The van der Waals surface area contributed by atoms with Crippen LogP contribution in [0, 0.1) is 0 Å². The van der Waals surface area contributed by atoms with Crippen molar-refractivity contribution in [2.75, 3.05) is 26.6 Å². The third-order valence-electron chi connectivity index (χ3n) is 4.66. The number of hydrogen-bond donors (Lipinski definition) is 2. The van der Waals surface area contributed by atoms with E-state index in [4.69, 9.17) is 14.2 Å². The maximum Gasteiger partial charge on any atom is 0.265 e. The summed E-state index contributed by atoms with van der Waals surface area (Å²) < 4.78 is 16.1. The predicted octanol–water partition coefficient (Wildman–Crippen LogP) is 4.52. The van der Waals surface area contributed by atoms with Gasteiger partial charge < -0.3 is 24.8 Å². The first-order chi connectivity index (χ1) is 15.0. The quantitative estimate of drug-likeness (QED) is 0.538. The molecule has 162 valence electrons. The van der Waals surface area contributed by atoms with E-state index in [0.717, 1.165) is 5.56 Å². The second-order valence-corrected chi connectivity index (χ2v) is 7.61. The number of thiophene rings is 1. The predicted molar refractivity (Wildman–Crippen MR) is 121 cm³/mol. The van der Waals surface area contributed by atoms with E-state index < -0.39 is 0 Å². The molecule has 1 atom stereocenters. The van der Waals surface area contributed by atoms with Gasteiger partial charge in [0, 0.05) is 11.3 Å². The van der Waals surface area contributed by atoms with Crippen LogP contribution in [-0.4, -0.2) is 33.1 Å². The van der Waals surface area contributed by atoms with Crippen LogP contribution in [0.4, 0.5) is 5.69 Å². The van der Waals surface area contributed by atoms with Crippen molar-refractivity contribution < 1.29 is 23.8 Å². The zero-order valence-corrected chi connectivity index (χ0v) is 18.5. The molecule has 1 heterocycles. The number of ether oxygens (including phenoxy) is 3. The molecule has 0 aliphatic rings. The lowest BCUT2D eigenvalue weighted by Gasteiger charge is -2.19. The van der Waals surface area contributed by atoms with Gasteiger partial charge in [0.1, 0.15) is 0 Å². The molecule has 1 unspecified atom stereocenters. The molecule has 7 nitrogen and oxygen atoms in total. The standard InChI is InChI=1S/C23H24N2O5S/c1-14(16-12-18(28-2)21(30-4)19(13-16)29-3)24-22(26)15-7-5-8-17(11-15)25-23(27)20-9-6-10-31-20/h5-14H,1-4H3,(H,24,26)(H,25,27). The highest BCUT2D eigenvalue weighted by atomic mass is 32.1. The van der Waals surface area contributed by atoms with Crippen molar-refractivity contribution in [2.45, 2.75) is 13.0 Å². The Labute approximate surface area is 185 Å². The van der Waals surface area contributed by atoms with Gasteiger partial charge in [-0.25, -0.2) is 0 Å². The Kier molecular flexibility index (Phi) is 7.15. The van der Waals surface area contributed by atoms with Gasteiger partial charge in [0.25, 0.3) is 11.8 Å².